The number of nitrogens with zero attached hydrogens (tertiary/aromatic N) is 3. The maximum atomic E-state index is 9.18. The molecule has 0 saturated carbocycles. The molecule has 0 bridgehead atoms. The Labute approximate surface area is 207 Å². The predicted molar refractivity (Wildman–Crippen MR) is 141 cm³/mol. The predicted octanol–water partition coefficient (Wildman–Crippen LogP) is 6.95. The summed E-state index contributed by atoms with van der Waals surface area (Å²) in [7, 11) is 0. The number of hydrogen-bond acceptors (Lipinski definition) is 2. The Bertz CT molecular complexity index is 1300. The first-order valence-electron chi connectivity index (χ1n) is 10.9. The molecule has 0 aliphatic heterocycles. The van der Waals surface area contributed by atoms with Gasteiger partial charge < -0.3 is 0 Å². The van der Waals surface area contributed by atoms with E-state index in [1.807, 2.05) is 24.3 Å². The lowest BCUT2D eigenvalue weighted by molar-refractivity contribution is 0.293. The van der Waals surface area contributed by atoms with Gasteiger partial charge in [0.15, 0.2) is 0 Å². The molecule has 0 radical (unpaired) electrons. The van der Waals surface area contributed by atoms with Gasteiger partial charge in [-0.3, -0.25) is 4.68 Å². The van der Waals surface area contributed by atoms with Crippen LogP contribution in [0.4, 0.5) is 0 Å². The van der Waals surface area contributed by atoms with Gasteiger partial charge in [0.2, 0.25) is 0 Å². The van der Waals surface area contributed by atoms with Crippen molar-refractivity contribution in [3.63, 3.8) is 0 Å². The van der Waals surface area contributed by atoms with Crippen LogP contribution >= 0.6 is 22.6 Å². The number of aromatic nitrogens is 2. The van der Waals surface area contributed by atoms with E-state index in [0.717, 1.165) is 21.2 Å². The standard InChI is InChI=1S/C29H22IN3/c30-27-21-33(32-28(27)23-18-16-22(20-31)17-19-23)29(24-10-4-1-5-11-24,25-12-6-2-7-13-25)26-14-8-3-9-15-26/h1-14,16-19,21,26H,15H2. The van der Waals surface area contributed by atoms with E-state index in [1.165, 1.54) is 11.1 Å². The minimum Gasteiger partial charge on any atom is -0.255 e. The molecule has 5 rings (SSSR count). The highest BCUT2D eigenvalue weighted by Crippen LogP contribution is 2.45. The Morgan fingerprint density at radius 2 is 1.52 bits per heavy atom. The highest BCUT2D eigenvalue weighted by Gasteiger charge is 2.44. The van der Waals surface area contributed by atoms with Crippen LogP contribution in [-0.4, -0.2) is 9.78 Å². The lowest BCUT2D eigenvalue weighted by atomic mass is 9.70. The van der Waals surface area contributed by atoms with Crippen LogP contribution in [0.3, 0.4) is 0 Å². The second kappa shape index (κ2) is 9.21. The molecule has 0 fully saturated rings. The van der Waals surface area contributed by atoms with Gasteiger partial charge in [-0.25, -0.2) is 0 Å². The maximum Gasteiger partial charge on any atom is 0.119 e. The second-order valence-corrected chi connectivity index (χ2v) is 9.28. The van der Waals surface area contributed by atoms with Crippen molar-refractivity contribution in [2.24, 2.45) is 5.92 Å². The Hall–Kier alpha value is -3.43. The van der Waals surface area contributed by atoms with Crippen LogP contribution in [0.5, 0.6) is 0 Å². The average Bonchev–Trinajstić information content (AvgIpc) is 3.28. The van der Waals surface area contributed by atoms with Gasteiger partial charge in [0.1, 0.15) is 11.2 Å². The fourth-order valence-corrected chi connectivity index (χ4v) is 5.42. The number of rotatable bonds is 5. The molecule has 1 aromatic heterocycles. The van der Waals surface area contributed by atoms with Crippen molar-refractivity contribution in [1.82, 2.24) is 9.78 Å². The Morgan fingerprint density at radius 1 is 0.879 bits per heavy atom. The van der Waals surface area contributed by atoms with Crippen molar-refractivity contribution in [2.75, 3.05) is 0 Å². The summed E-state index contributed by atoms with van der Waals surface area (Å²) in [5, 5.41) is 14.4. The van der Waals surface area contributed by atoms with E-state index in [0.29, 0.717) is 5.56 Å². The summed E-state index contributed by atoms with van der Waals surface area (Å²) in [4.78, 5) is 0. The van der Waals surface area contributed by atoms with Gasteiger partial charge in [0.05, 0.1) is 15.2 Å². The largest absolute Gasteiger partial charge is 0.255 e. The molecule has 1 atom stereocenters. The van der Waals surface area contributed by atoms with E-state index in [2.05, 4.69) is 125 Å². The summed E-state index contributed by atoms with van der Waals surface area (Å²) in [5.74, 6) is 0.191. The van der Waals surface area contributed by atoms with Crippen LogP contribution in [-0.2, 0) is 5.54 Å². The minimum atomic E-state index is -0.505. The topological polar surface area (TPSA) is 41.6 Å². The first-order chi connectivity index (χ1) is 16.2. The number of benzene rings is 3. The molecule has 160 valence electrons. The van der Waals surface area contributed by atoms with Crippen LogP contribution in [0, 0.1) is 20.8 Å². The van der Waals surface area contributed by atoms with E-state index in [-0.39, 0.29) is 5.92 Å². The summed E-state index contributed by atoms with van der Waals surface area (Å²) in [6, 6.07) is 31.2. The molecule has 4 aromatic rings. The van der Waals surface area contributed by atoms with Crippen LogP contribution in [0.15, 0.2) is 115 Å². The summed E-state index contributed by atoms with van der Waals surface area (Å²) in [6.07, 6.45) is 11.9. The smallest absolute Gasteiger partial charge is 0.119 e. The highest BCUT2D eigenvalue weighted by atomic mass is 127. The van der Waals surface area contributed by atoms with Gasteiger partial charge in [-0.05, 0) is 52.3 Å². The SMILES string of the molecule is N#Cc1ccc(-c2nn(C(c3ccccc3)(c3ccccc3)C3C=CC=CC3)cc2I)cc1. The first-order valence-corrected chi connectivity index (χ1v) is 12.0. The van der Waals surface area contributed by atoms with Crippen molar-refractivity contribution >= 4 is 22.6 Å². The molecule has 1 aliphatic rings. The first kappa shape index (κ1) is 21.4. The zero-order valence-electron chi connectivity index (χ0n) is 18.0. The molecule has 0 saturated heterocycles. The number of allylic oxidation sites excluding steroid dienone is 4. The van der Waals surface area contributed by atoms with Crippen molar-refractivity contribution in [2.45, 2.75) is 12.0 Å². The van der Waals surface area contributed by atoms with Crippen LogP contribution < -0.4 is 0 Å². The fourth-order valence-electron chi connectivity index (χ4n) is 4.74. The maximum absolute atomic E-state index is 9.18. The highest BCUT2D eigenvalue weighted by molar-refractivity contribution is 14.1. The van der Waals surface area contributed by atoms with Crippen LogP contribution in [0.1, 0.15) is 23.1 Å². The molecule has 0 N–H and O–H groups in total. The third-order valence-corrected chi connectivity index (χ3v) is 7.05. The molecule has 1 heterocycles. The van der Waals surface area contributed by atoms with E-state index < -0.39 is 5.54 Å². The lowest BCUT2D eigenvalue weighted by Crippen LogP contribution is -2.43. The van der Waals surface area contributed by atoms with Crippen molar-refractivity contribution in [1.29, 1.82) is 5.26 Å². The molecule has 0 spiro atoms. The molecule has 33 heavy (non-hydrogen) atoms. The van der Waals surface area contributed by atoms with Gasteiger partial charge in [-0.15, -0.1) is 0 Å². The second-order valence-electron chi connectivity index (χ2n) is 8.11. The van der Waals surface area contributed by atoms with Gasteiger partial charge in [0, 0.05) is 17.7 Å². The Morgan fingerprint density at radius 3 is 2.06 bits per heavy atom. The molecule has 3 nitrogen and oxygen atoms in total. The third-order valence-electron chi connectivity index (χ3n) is 6.26. The van der Waals surface area contributed by atoms with Crippen LogP contribution in [0.25, 0.3) is 11.3 Å². The summed E-state index contributed by atoms with van der Waals surface area (Å²) < 4.78 is 3.23. The number of nitriles is 1. The van der Waals surface area contributed by atoms with E-state index in [4.69, 9.17) is 5.10 Å². The van der Waals surface area contributed by atoms with E-state index >= 15 is 0 Å². The van der Waals surface area contributed by atoms with Gasteiger partial charge in [-0.1, -0.05) is 97.1 Å². The molecular weight excluding hydrogens is 517 g/mol. The zero-order valence-corrected chi connectivity index (χ0v) is 20.1. The summed E-state index contributed by atoms with van der Waals surface area (Å²) in [6.45, 7) is 0. The van der Waals surface area contributed by atoms with Crippen molar-refractivity contribution in [3.05, 3.63) is 136 Å². The molecule has 1 aliphatic carbocycles. The fraction of sp³-hybridized carbons (Fsp3) is 0.103. The number of halogens is 1. The van der Waals surface area contributed by atoms with Gasteiger partial charge in [-0.2, -0.15) is 10.4 Å². The quantitative estimate of drug-likeness (QED) is 0.258. The normalized spacial score (nSPS) is 15.3. The van der Waals surface area contributed by atoms with E-state index in [9.17, 15) is 5.26 Å². The van der Waals surface area contributed by atoms with Gasteiger partial charge >= 0.3 is 0 Å². The number of hydrogen-bond donors (Lipinski definition) is 0. The average molecular weight is 539 g/mol. The monoisotopic (exact) mass is 539 g/mol. The molecule has 3 aromatic carbocycles. The van der Waals surface area contributed by atoms with E-state index in [1.54, 1.807) is 0 Å². The zero-order chi connectivity index (χ0) is 22.7. The third kappa shape index (κ3) is 3.83. The van der Waals surface area contributed by atoms with Crippen LogP contribution in [0.2, 0.25) is 0 Å². The van der Waals surface area contributed by atoms with Crippen molar-refractivity contribution in [3.8, 4) is 17.3 Å². The molecule has 1 unspecified atom stereocenters. The van der Waals surface area contributed by atoms with Crippen molar-refractivity contribution < 1.29 is 0 Å². The Balaban J connectivity index is 1.77. The Kier molecular flexibility index (Phi) is 5.97. The molecular formula is C29H22IN3. The summed E-state index contributed by atoms with van der Waals surface area (Å²) in [5.41, 5.74) is 4.47. The minimum absolute atomic E-state index is 0.191. The summed E-state index contributed by atoms with van der Waals surface area (Å²) >= 11 is 2.37. The molecule has 0 amide bonds. The lowest BCUT2D eigenvalue weighted by Gasteiger charge is -2.41. The molecule has 4 heteroatoms. The van der Waals surface area contributed by atoms with Gasteiger partial charge in [0.25, 0.3) is 0 Å².